The van der Waals surface area contributed by atoms with Crippen LogP contribution in [0.15, 0.2) is 11.6 Å². The first-order valence-electron chi connectivity index (χ1n) is 11.9. The van der Waals surface area contributed by atoms with Gasteiger partial charge in [0, 0.05) is 30.4 Å². The topological polar surface area (TPSA) is 105 Å². The number of ether oxygens (including phenoxy) is 4. The van der Waals surface area contributed by atoms with Crippen LogP contribution < -0.4 is 9.47 Å². The average Bonchev–Trinajstić information content (AvgIpc) is 3.19. The van der Waals surface area contributed by atoms with Gasteiger partial charge in [0.1, 0.15) is 23.7 Å². The molecule has 192 valence electrons. The molecule has 0 spiro atoms. The molecular weight excluding hydrogens is 452 g/mol. The van der Waals surface area contributed by atoms with Crippen LogP contribution in [-0.2, 0) is 36.9 Å². The van der Waals surface area contributed by atoms with Crippen molar-refractivity contribution in [1.29, 1.82) is 0 Å². The summed E-state index contributed by atoms with van der Waals surface area (Å²) in [7, 11) is 2.88. The second-order valence-corrected chi connectivity index (χ2v) is 9.10. The van der Waals surface area contributed by atoms with Crippen LogP contribution in [0.1, 0.15) is 86.3 Å². The summed E-state index contributed by atoms with van der Waals surface area (Å²) in [6, 6.07) is 0. The molecule has 1 aliphatic heterocycles. The van der Waals surface area contributed by atoms with Gasteiger partial charge in [0.15, 0.2) is 5.75 Å². The van der Waals surface area contributed by atoms with Crippen LogP contribution in [0.2, 0.25) is 0 Å². The largest absolute Gasteiger partial charge is 0.496 e. The zero-order chi connectivity index (χ0) is 26.1. The second-order valence-electron chi connectivity index (χ2n) is 9.10. The van der Waals surface area contributed by atoms with E-state index < -0.39 is 11.9 Å². The molecule has 1 heterocycles. The zero-order valence-corrected chi connectivity index (χ0v) is 21.6. The van der Waals surface area contributed by atoms with Crippen LogP contribution in [0.25, 0.3) is 0 Å². The summed E-state index contributed by atoms with van der Waals surface area (Å²) >= 11 is 0. The number of fused-ring (bicyclic) bond motifs is 1. The molecular formula is C27H36O8. The lowest BCUT2D eigenvalue weighted by molar-refractivity contribution is -0.140. The Balaban J connectivity index is 2.30. The molecule has 1 aromatic rings. The molecule has 0 saturated heterocycles. The standard InChI is InChI=1S/C27H36O8/c1-16(11-13-22(29)32-5)10-12-20-25(33-6)19(4)21-15-34-27(31)24(21)26(20)35-23(30)9-7-8-17(2)14-18(3)28/h10,17H,7-9,11-15H2,1-6H3/b16-10+. The third-order valence-electron chi connectivity index (χ3n) is 6.16. The predicted octanol–water partition coefficient (Wildman–Crippen LogP) is 4.81. The van der Waals surface area contributed by atoms with E-state index in [1.165, 1.54) is 14.2 Å². The first-order chi connectivity index (χ1) is 16.6. The predicted molar refractivity (Wildman–Crippen MR) is 130 cm³/mol. The molecule has 0 radical (unpaired) electrons. The highest BCUT2D eigenvalue weighted by Crippen LogP contribution is 2.43. The number of cyclic esters (lactones) is 1. The maximum absolute atomic E-state index is 12.8. The van der Waals surface area contributed by atoms with Crippen LogP contribution in [0.3, 0.4) is 0 Å². The van der Waals surface area contributed by atoms with E-state index >= 15 is 0 Å². The van der Waals surface area contributed by atoms with Crippen molar-refractivity contribution >= 4 is 23.7 Å². The van der Waals surface area contributed by atoms with Gasteiger partial charge in [-0.3, -0.25) is 9.59 Å². The fourth-order valence-electron chi connectivity index (χ4n) is 4.25. The van der Waals surface area contributed by atoms with Crippen molar-refractivity contribution in [3.63, 3.8) is 0 Å². The fourth-order valence-corrected chi connectivity index (χ4v) is 4.25. The SMILES string of the molecule is COC(=O)CC/C(C)=C/Cc1c(OC)c(C)c2c(c1OC(=O)CCCC(C)CC(C)=O)C(=O)OC2. The van der Waals surface area contributed by atoms with Crippen molar-refractivity contribution in [3.05, 3.63) is 33.9 Å². The van der Waals surface area contributed by atoms with E-state index in [0.717, 1.165) is 17.6 Å². The quantitative estimate of drug-likeness (QED) is 0.221. The van der Waals surface area contributed by atoms with Crippen LogP contribution in [0.4, 0.5) is 0 Å². The number of carbonyl (C=O) groups excluding carboxylic acids is 4. The summed E-state index contributed by atoms with van der Waals surface area (Å²) < 4.78 is 21.4. The fraction of sp³-hybridized carbons (Fsp3) is 0.556. The molecule has 0 N–H and O–H groups in total. The molecule has 1 atom stereocenters. The number of allylic oxidation sites excluding steroid dienone is 2. The third kappa shape index (κ3) is 7.67. The first kappa shape index (κ1) is 28.1. The highest BCUT2D eigenvalue weighted by Gasteiger charge is 2.34. The molecule has 0 amide bonds. The Bertz CT molecular complexity index is 1010. The van der Waals surface area contributed by atoms with Gasteiger partial charge in [0.25, 0.3) is 0 Å². The first-order valence-corrected chi connectivity index (χ1v) is 11.9. The number of Topliss-reactive ketones (excluding diaryl/α,β-unsaturated/α-hetero) is 1. The molecule has 35 heavy (non-hydrogen) atoms. The number of benzene rings is 1. The lowest BCUT2D eigenvalue weighted by atomic mass is 9.94. The van der Waals surface area contributed by atoms with Crippen molar-refractivity contribution in [3.8, 4) is 11.5 Å². The lowest BCUT2D eigenvalue weighted by Crippen LogP contribution is -2.14. The van der Waals surface area contributed by atoms with Gasteiger partial charge in [-0.15, -0.1) is 0 Å². The van der Waals surface area contributed by atoms with Crippen LogP contribution >= 0.6 is 0 Å². The van der Waals surface area contributed by atoms with Crippen LogP contribution in [0, 0.1) is 12.8 Å². The maximum Gasteiger partial charge on any atom is 0.342 e. The minimum Gasteiger partial charge on any atom is -0.496 e. The Hall–Kier alpha value is -3.16. The summed E-state index contributed by atoms with van der Waals surface area (Å²) in [6.07, 6.45) is 4.99. The van der Waals surface area contributed by atoms with E-state index in [2.05, 4.69) is 0 Å². The van der Waals surface area contributed by atoms with E-state index in [9.17, 15) is 19.2 Å². The number of methoxy groups -OCH3 is 2. The van der Waals surface area contributed by atoms with Crippen molar-refractivity contribution in [2.75, 3.05) is 14.2 Å². The molecule has 1 unspecified atom stereocenters. The molecule has 1 aromatic carbocycles. The van der Waals surface area contributed by atoms with Gasteiger partial charge in [-0.05, 0) is 57.9 Å². The second kappa shape index (κ2) is 13.1. The summed E-state index contributed by atoms with van der Waals surface area (Å²) in [5, 5.41) is 0. The van der Waals surface area contributed by atoms with Gasteiger partial charge in [-0.2, -0.15) is 0 Å². The van der Waals surface area contributed by atoms with E-state index in [-0.39, 0.29) is 48.4 Å². The third-order valence-corrected chi connectivity index (χ3v) is 6.16. The monoisotopic (exact) mass is 488 g/mol. The minimum atomic E-state index is -0.531. The van der Waals surface area contributed by atoms with E-state index in [1.54, 1.807) is 6.92 Å². The Morgan fingerprint density at radius 2 is 1.77 bits per heavy atom. The zero-order valence-electron chi connectivity index (χ0n) is 21.6. The molecule has 0 saturated carbocycles. The van der Waals surface area contributed by atoms with E-state index in [1.807, 2.05) is 26.8 Å². The minimum absolute atomic E-state index is 0.0950. The van der Waals surface area contributed by atoms with Crippen molar-refractivity contribution in [1.82, 2.24) is 0 Å². The molecule has 2 rings (SSSR count). The van der Waals surface area contributed by atoms with Crippen LogP contribution in [-0.4, -0.2) is 37.9 Å². The smallest absolute Gasteiger partial charge is 0.342 e. The van der Waals surface area contributed by atoms with Gasteiger partial charge in [-0.25, -0.2) is 4.79 Å². The molecule has 8 heteroatoms. The lowest BCUT2D eigenvalue weighted by Gasteiger charge is -2.19. The molecule has 0 fully saturated rings. The van der Waals surface area contributed by atoms with E-state index in [0.29, 0.717) is 42.6 Å². The molecule has 0 bridgehead atoms. The van der Waals surface area contributed by atoms with Crippen molar-refractivity contribution in [2.45, 2.75) is 79.2 Å². The number of esters is 3. The number of rotatable bonds is 13. The highest BCUT2D eigenvalue weighted by atomic mass is 16.6. The highest BCUT2D eigenvalue weighted by molar-refractivity contribution is 5.99. The number of carbonyl (C=O) groups is 4. The Labute approximate surface area is 207 Å². The van der Waals surface area contributed by atoms with E-state index in [4.69, 9.17) is 18.9 Å². The van der Waals surface area contributed by atoms with Gasteiger partial charge >= 0.3 is 17.9 Å². The van der Waals surface area contributed by atoms with Crippen LogP contribution in [0.5, 0.6) is 11.5 Å². The van der Waals surface area contributed by atoms with Gasteiger partial charge in [0.05, 0.1) is 14.2 Å². The number of hydrogen-bond donors (Lipinski definition) is 0. The van der Waals surface area contributed by atoms with Gasteiger partial charge in [0.2, 0.25) is 0 Å². The van der Waals surface area contributed by atoms with Gasteiger partial charge < -0.3 is 23.7 Å². The summed E-state index contributed by atoms with van der Waals surface area (Å²) in [6.45, 7) is 7.38. The molecule has 1 aliphatic rings. The Morgan fingerprint density at radius 3 is 2.40 bits per heavy atom. The summed E-state index contributed by atoms with van der Waals surface area (Å²) in [4.78, 5) is 48.1. The average molecular weight is 489 g/mol. The normalized spacial score (nSPS) is 13.7. The Kier molecular flexibility index (Phi) is 10.5. The molecule has 8 nitrogen and oxygen atoms in total. The summed E-state index contributed by atoms with van der Waals surface area (Å²) in [5.41, 5.74) is 3.21. The number of hydrogen-bond acceptors (Lipinski definition) is 8. The molecule has 0 aromatic heterocycles. The van der Waals surface area contributed by atoms with Gasteiger partial charge in [-0.1, -0.05) is 18.6 Å². The summed E-state index contributed by atoms with van der Waals surface area (Å²) in [5.74, 6) is -0.260. The number of ketones is 1. The van der Waals surface area contributed by atoms with Crippen molar-refractivity contribution < 1.29 is 38.1 Å². The molecule has 0 aliphatic carbocycles. The Morgan fingerprint density at radius 1 is 1.06 bits per heavy atom. The maximum atomic E-state index is 12.8. The van der Waals surface area contributed by atoms with Crippen molar-refractivity contribution in [2.24, 2.45) is 5.92 Å².